The van der Waals surface area contributed by atoms with Crippen LogP contribution in [-0.2, 0) is 10.8 Å². The van der Waals surface area contributed by atoms with Gasteiger partial charge in [-0.2, -0.15) is 0 Å². The van der Waals surface area contributed by atoms with Gasteiger partial charge < -0.3 is 10.6 Å². The summed E-state index contributed by atoms with van der Waals surface area (Å²) in [5, 5.41) is 5.55. The Hall–Kier alpha value is -1.50. The Morgan fingerprint density at radius 1 is 1.52 bits per heavy atom. The minimum absolute atomic E-state index is 0.0342. The minimum Gasteiger partial charge on any atom is -0.368 e. The molecule has 0 spiro atoms. The van der Waals surface area contributed by atoms with Gasteiger partial charge in [0.1, 0.15) is 0 Å². The lowest BCUT2D eigenvalue weighted by Crippen LogP contribution is -2.34. The van der Waals surface area contributed by atoms with Crippen LogP contribution in [-0.4, -0.2) is 39.7 Å². The number of anilines is 1. The molecule has 0 saturated carbocycles. The van der Waals surface area contributed by atoms with Crippen LogP contribution in [0.3, 0.4) is 0 Å². The lowest BCUT2D eigenvalue weighted by atomic mass is 10.2. The van der Waals surface area contributed by atoms with Crippen molar-refractivity contribution in [3.05, 3.63) is 23.6 Å². The zero-order chi connectivity index (χ0) is 15.8. The van der Waals surface area contributed by atoms with Crippen LogP contribution in [0.25, 0.3) is 0 Å². The van der Waals surface area contributed by atoms with Crippen LogP contribution in [0.1, 0.15) is 37.0 Å². The van der Waals surface area contributed by atoms with E-state index in [1.165, 1.54) is 12.3 Å². The number of nitrogens with one attached hydrogen (secondary N) is 2. The van der Waals surface area contributed by atoms with E-state index in [2.05, 4.69) is 15.6 Å². The fourth-order valence-corrected chi connectivity index (χ4v) is 2.39. The molecule has 2 unspecified atom stereocenters. The van der Waals surface area contributed by atoms with Crippen molar-refractivity contribution in [2.24, 2.45) is 0 Å². The van der Waals surface area contributed by atoms with Crippen LogP contribution in [0.2, 0.25) is 0 Å². The summed E-state index contributed by atoms with van der Waals surface area (Å²) in [4.78, 5) is 16.0. The first-order chi connectivity index (χ1) is 9.95. The summed E-state index contributed by atoms with van der Waals surface area (Å²) in [5.41, 5.74) is -0.0342. The number of amides is 1. The number of rotatable bonds is 8. The van der Waals surface area contributed by atoms with E-state index in [4.69, 9.17) is 0 Å². The lowest BCUT2D eigenvalue weighted by Gasteiger charge is -2.14. The van der Waals surface area contributed by atoms with Crippen molar-refractivity contribution in [3.63, 3.8) is 0 Å². The van der Waals surface area contributed by atoms with Crippen LogP contribution in [0.5, 0.6) is 0 Å². The second kappa shape index (κ2) is 8.71. The van der Waals surface area contributed by atoms with Gasteiger partial charge in [-0.25, -0.2) is 9.37 Å². The third kappa shape index (κ3) is 5.79. The number of pyridine rings is 1. The molecule has 0 aliphatic heterocycles. The Morgan fingerprint density at radius 3 is 2.86 bits per heavy atom. The van der Waals surface area contributed by atoms with Gasteiger partial charge in [0.25, 0.3) is 5.91 Å². The van der Waals surface area contributed by atoms with Gasteiger partial charge in [-0.05, 0) is 25.8 Å². The largest absolute Gasteiger partial charge is 0.368 e. The number of nitrogens with zero attached hydrogens (tertiary/aromatic N) is 1. The molecular formula is C14H22FN3O2S. The van der Waals surface area contributed by atoms with E-state index in [-0.39, 0.29) is 17.4 Å². The first kappa shape index (κ1) is 17.6. The Balaban J connectivity index is 2.71. The summed E-state index contributed by atoms with van der Waals surface area (Å²) in [6, 6.07) is 1.19. The number of hydrogen-bond donors (Lipinski definition) is 2. The number of hydrogen-bond acceptors (Lipinski definition) is 4. The molecule has 2 atom stereocenters. The van der Waals surface area contributed by atoms with Crippen LogP contribution in [0, 0.1) is 5.82 Å². The molecular weight excluding hydrogens is 293 g/mol. The smallest absolute Gasteiger partial charge is 0.254 e. The molecule has 0 radical (unpaired) electrons. The lowest BCUT2D eigenvalue weighted by molar-refractivity contribution is 0.0935. The molecule has 0 aliphatic carbocycles. The highest BCUT2D eigenvalue weighted by molar-refractivity contribution is 7.84. The van der Waals surface area contributed by atoms with Crippen LogP contribution < -0.4 is 10.6 Å². The first-order valence-corrected chi connectivity index (χ1v) is 8.67. The summed E-state index contributed by atoms with van der Waals surface area (Å²) >= 11 is 0. The molecule has 1 rings (SSSR count). The van der Waals surface area contributed by atoms with Crippen LogP contribution >= 0.6 is 0 Å². The molecule has 0 fully saturated rings. The van der Waals surface area contributed by atoms with Crippen molar-refractivity contribution in [1.82, 2.24) is 10.3 Å². The Morgan fingerprint density at radius 2 is 2.24 bits per heavy atom. The third-order valence-electron chi connectivity index (χ3n) is 2.89. The predicted molar refractivity (Wildman–Crippen MR) is 83.5 cm³/mol. The van der Waals surface area contributed by atoms with Crippen molar-refractivity contribution in [2.45, 2.75) is 32.7 Å². The normalized spacial score (nSPS) is 13.5. The highest BCUT2D eigenvalue weighted by Crippen LogP contribution is 2.15. The quantitative estimate of drug-likeness (QED) is 0.769. The Labute approximate surface area is 127 Å². The molecule has 0 bridgehead atoms. The molecule has 5 nitrogen and oxygen atoms in total. The van der Waals surface area contributed by atoms with Crippen molar-refractivity contribution in [1.29, 1.82) is 0 Å². The molecule has 0 aromatic carbocycles. The van der Waals surface area contributed by atoms with Gasteiger partial charge in [0.05, 0.1) is 5.56 Å². The average molecular weight is 315 g/mol. The highest BCUT2D eigenvalue weighted by atomic mass is 32.2. The number of carbonyl (C=O) groups is 1. The number of aromatic nitrogens is 1. The monoisotopic (exact) mass is 315 g/mol. The van der Waals surface area contributed by atoms with Gasteiger partial charge in [-0.3, -0.25) is 9.00 Å². The van der Waals surface area contributed by atoms with Gasteiger partial charge in [0.2, 0.25) is 0 Å². The van der Waals surface area contributed by atoms with Gasteiger partial charge >= 0.3 is 0 Å². The van der Waals surface area contributed by atoms with E-state index in [9.17, 15) is 13.4 Å². The Bertz CT molecular complexity index is 511. The third-order valence-corrected chi connectivity index (χ3v) is 3.70. The summed E-state index contributed by atoms with van der Waals surface area (Å²) in [6.45, 7) is 4.36. The standard InChI is InChI=1S/C14H22FN3O2S/c1-4-7-16-13-12(15)11(5-8-17-13)14(19)18-10(2)6-9-21(3)20/h5,8,10H,4,6-7,9H2,1-3H3,(H,16,17)(H,18,19). The second-order valence-electron chi connectivity index (χ2n) is 4.89. The molecule has 21 heavy (non-hydrogen) atoms. The SMILES string of the molecule is CCCNc1nccc(C(=O)NC(C)CCS(C)=O)c1F. The van der Waals surface area contributed by atoms with Crippen LogP contribution in [0.15, 0.2) is 12.3 Å². The molecule has 1 aromatic heterocycles. The minimum atomic E-state index is -0.903. The van der Waals surface area contributed by atoms with Crippen molar-refractivity contribution < 1.29 is 13.4 Å². The molecule has 7 heteroatoms. The van der Waals surface area contributed by atoms with Crippen molar-refractivity contribution >= 4 is 22.5 Å². The highest BCUT2D eigenvalue weighted by Gasteiger charge is 2.17. The maximum Gasteiger partial charge on any atom is 0.254 e. The van der Waals surface area contributed by atoms with E-state index in [1.54, 1.807) is 13.2 Å². The molecule has 118 valence electrons. The zero-order valence-electron chi connectivity index (χ0n) is 12.6. The molecule has 0 saturated heterocycles. The molecule has 1 amide bonds. The summed E-state index contributed by atoms with van der Waals surface area (Å²) in [6.07, 6.45) is 4.44. The maximum absolute atomic E-state index is 14.2. The van der Waals surface area contributed by atoms with E-state index in [1.807, 2.05) is 6.92 Å². The van der Waals surface area contributed by atoms with E-state index < -0.39 is 22.5 Å². The average Bonchev–Trinajstić information content (AvgIpc) is 2.44. The summed E-state index contributed by atoms with van der Waals surface area (Å²) in [7, 11) is -0.903. The zero-order valence-corrected chi connectivity index (χ0v) is 13.4. The van der Waals surface area contributed by atoms with Crippen LogP contribution in [0.4, 0.5) is 10.2 Å². The topological polar surface area (TPSA) is 71.1 Å². The number of carbonyl (C=O) groups excluding carboxylic acids is 1. The van der Waals surface area contributed by atoms with E-state index in [0.717, 1.165) is 6.42 Å². The molecule has 0 aliphatic rings. The summed E-state index contributed by atoms with van der Waals surface area (Å²) in [5.74, 6) is -0.533. The van der Waals surface area contributed by atoms with Gasteiger partial charge in [0.15, 0.2) is 11.6 Å². The van der Waals surface area contributed by atoms with Crippen molar-refractivity contribution in [3.8, 4) is 0 Å². The fraction of sp³-hybridized carbons (Fsp3) is 0.571. The van der Waals surface area contributed by atoms with Gasteiger partial charge in [0, 0.05) is 41.6 Å². The van der Waals surface area contributed by atoms with E-state index >= 15 is 0 Å². The fourth-order valence-electron chi connectivity index (χ4n) is 1.70. The van der Waals surface area contributed by atoms with Gasteiger partial charge in [-0.15, -0.1) is 0 Å². The first-order valence-electron chi connectivity index (χ1n) is 6.95. The second-order valence-corrected chi connectivity index (χ2v) is 6.44. The number of halogens is 1. The van der Waals surface area contributed by atoms with Crippen molar-refractivity contribution in [2.75, 3.05) is 23.9 Å². The Kier molecular flexibility index (Phi) is 7.28. The van der Waals surface area contributed by atoms with Gasteiger partial charge in [-0.1, -0.05) is 6.92 Å². The predicted octanol–water partition coefficient (Wildman–Crippen LogP) is 1.93. The maximum atomic E-state index is 14.2. The van der Waals surface area contributed by atoms with E-state index in [0.29, 0.717) is 18.7 Å². The summed E-state index contributed by atoms with van der Waals surface area (Å²) < 4.78 is 25.2. The molecule has 1 heterocycles. The molecule has 1 aromatic rings. The molecule has 2 N–H and O–H groups in total.